The number of nitrogens with zero attached hydrogens (tertiary/aromatic N) is 1. The Morgan fingerprint density at radius 2 is 2.38 bits per heavy atom. The molecule has 0 unspecified atom stereocenters. The van der Waals surface area contributed by atoms with Crippen LogP contribution in [0.1, 0.15) is 24.0 Å². The molecule has 0 atom stereocenters. The summed E-state index contributed by atoms with van der Waals surface area (Å²) in [5.41, 5.74) is 0. The average Bonchev–Trinajstić information content (AvgIpc) is 2.85. The first-order chi connectivity index (χ1) is 7.78. The molecule has 0 aliphatic carbocycles. The fourth-order valence-corrected chi connectivity index (χ4v) is 2.43. The topological polar surface area (TPSA) is 38.1 Å². The van der Waals surface area contributed by atoms with Crippen LogP contribution in [0.3, 0.4) is 0 Å². The van der Waals surface area contributed by atoms with Crippen molar-refractivity contribution in [2.75, 3.05) is 5.32 Å². The standard InChI is InChI=1S/C11H13ClN2OS/c1-2-3-9-7-14-11(16-9)13-6-8-4-5-10(12)15-8/h4-5,7H,2-3,6H2,1H3,(H,13,14). The first-order valence-corrected chi connectivity index (χ1v) is 6.40. The highest BCUT2D eigenvalue weighted by Crippen LogP contribution is 2.21. The SMILES string of the molecule is CCCc1cnc(NCc2ccc(Cl)o2)s1. The van der Waals surface area contributed by atoms with E-state index in [9.17, 15) is 0 Å². The van der Waals surface area contributed by atoms with Gasteiger partial charge in [0.25, 0.3) is 0 Å². The van der Waals surface area contributed by atoms with Crippen LogP contribution >= 0.6 is 22.9 Å². The number of nitrogens with one attached hydrogen (secondary N) is 1. The van der Waals surface area contributed by atoms with E-state index in [2.05, 4.69) is 17.2 Å². The van der Waals surface area contributed by atoms with Crippen LogP contribution in [0.2, 0.25) is 5.22 Å². The average molecular weight is 257 g/mol. The third-order valence-corrected chi connectivity index (χ3v) is 3.31. The summed E-state index contributed by atoms with van der Waals surface area (Å²) in [5, 5.41) is 4.55. The molecule has 5 heteroatoms. The molecule has 0 fully saturated rings. The highest BCUT2D eigenvalue weighted by Gasteiger charge is 2.03. The van der Waals surface area contributed by atoms with E-state index in [-0.39, 0.29) is 0 Å². The molecule has 0 aromatic carbocycles. The number of thiazole rings is 1. The van der Waals surface area contributed by atoms with Gasteiger partial charge in [0, 0.05) is 11.1 Å². The smallest absolute Gasteiger partial charge is 0.193 e. The van der Waals surface area contributed by atoms with Gasteiger partial charge in [-0.25, -0.2) is 4.98 Å². The lowest BCUT2D eigenvalue weighted by atomic mass is 10.3. The number of anilines is 1. The molecule has 2 rings (SSSR count). The van der Waals surface area contributed by atoms with E-state index in [1.54, 1.807) is 17.4 Å². The van der Waals surface area contributed by atoms with Gasteiger partial charge in [-0.05, 0) is 30.2 Å². The predicted molar refractivity (Wildman–Crippen MR) is 67.2 cm³/mol. The van der Waals surface area contributed by atoms with Crippen LogP contribution in [0.15, 0.2) is 22.7 Å². The molecule has 2 heterocycles. The van der Waals surface area contributed by atoms with Crippen molar-refractivity contribution >= 4 is 28.1 Å². The molecule has 2 aromatic rings. The Hall–Kier alpha value is -1.00. The molecule has 3 nitrogen and oxygen atoms in total. The minimum atomic E-state index is 0.419. The Kier molecular flexibility index (Phi) is 3.85. The summed E-state index contributed by atoms with van der Waals surface area (Å²) < 4.78 is 5.24. The third kappa shape index (κ3) is 3.00. The van der Waals surface area contributed by atoms with Crippen molar-refractivity contribution in [3.05, 3.63) is 34.2 Å². The molecule has 0 saturated heterocycles. The molecule has 1 N–H and O–H groups in total. The number of furan rings is 1. The van der Waals surface area contributed by atoms with Crippen molar-refractivity contribution in [1.82, 2.24) is 4.98 Å². The van der Waals surface area contributed by atoms with Crippen LogP contribution in [0, 0.1) is 0 Å². The molecule has 0 saturated carbocycles. The third-order valence-electron chi connectivity index (χ3n) is 2.09. The number of rotatable bonds is 5. The van der Waals surface area contributed by atoms with Crippen LogP contribution in [-0.2, 0) is 13.0 Å². The van der Waals surface area contributed by atoms with Crippen molar-refractivity contribution in [2.24, 2.45) is 0 Å². The summed E-state index contributed by atoms with van der Waals surface area (Å²) in [4.78, 5) is 5.60. The lowest BCUT2D eigenvalue weighted by Gasteiger charge is -1.98. The van der Waals surface area contributed by atoms with Crippen LogP contribution in [-0.4, -0.2) is 4.98 Å². The minimum Gasteiger partial charge on any atom is -0.448 e. The summed E-state index contributed by atoms with van der Waals surface area (Å²) in [6.45, 7) is 2.78. The number of hydrogen-bond acceptors (Lipinski definition) is 4. The zero-order chi connectivity index (χ0) is 11.4. The molecular weight excluding hydrogens is 244 g/mol. The summed E-state index contributed by atoms with van der Waals surface area (Å²) in [5.74, 6) is 0.817. The lowest BCUT2D eigenvalue weighted by molar-refractivity contribution is 0.520. The zero-order valence-corrected chi connectivity index (χ0v) is 10.6. The fourth-order valence-electron chi connectivity index (χ4n) is 1.36. The van der Waals surface area contributed by atoms with Crippen molar-refractivity contribution in [2.45, 2.75) is 26.3 Å². The molecule has 0 aliphatic rings. The Morgan fingerprint density at radius 3 is 3.06 bits per heavy atom. The van der Waals surface area contributed by atoms with Gasteiger partial charge in [0.05, 0.1) is 6.54 Å². The summed E-state index contributed by atoms with van der Waals surface area (Å²) in [7, 11) is 0. The monoisotopic (exact) mass is 256 g/mol. The highest BCUT2D eigenvalue weighted by atomic mass is 35.5. The van der Waals surface area contributed by atoms with Crippen molar-refractivity contribution in [3.8, 4) is 0 Å². The van der Waals surface area contributed by atoms with Gasteiger partial charge in [0.1, 0.15) is 5.76 Å². The molecule has 0 radical (unpaired) electrons. The van der Waals surface area contributed by atoms with Crippen molar-refractivity contribution in [3.63, 3.8) is 0 Å². The van der Waals surface area contributed by atoms with Crippen LogP contribution in [0.25, 0.3) is 0 Å². The number of aromatic nitrogens is 1. The molecule has 16 heavy (non-hydrogen) atoms. The van der Waals surface area contributed by atoms with Crippen LogP contribution in [0.4, 0.5) is 5.13 Å². The number of halogens is 1. The van der Waals surface area contributed by atoms with E-state index < -0.39 is 0 Å². The Labute approximate surface area is 103 Å². The molecule has 0 bridgehead atoms. The quantitative estimate of drug-likeness (QED) is 0.880. The highest BCUT2D eigenvalue weighted by molar-refractivity contribution is 7.15. The molecule has 2 aromatic heterocycles. The van der Waals surface area contributed by atoms with Crippen LogP contribution in [0.5, 0.6) is 0 Å². The fraction of sp³-hybridized carbons (Fsp3) is 0.364. The maximum Gasteiger partial charge on any atom is 0.193 e. The summed E-state index contributed by atoms with van der Waals surface area (Å²) >= 11 is 7.37. The first-order valence-electron chi connectivity index (χ1n) is 5.20. The molecule has 0 spiro atoms. The second-order valence-electron chi connectivity index (χ2n) is 3.44. The Bertz CT molecular complexity index is 452. The van der Waals surface area contributed by atoms with Gasteiger partial charge in [-0.15, -0.1) is 11.3 Å². The van der Waals surface area contributed by atoms with Gasteiger partial charge in [0.2, 0.25) is 0 Å². The van der Waals surface area contributed by atoms with Crippen LogP contribution < -0.4 is 5.32 Å². The Morgan fingerprint density at radius 1 is 1.50 bits per heavy atom. The normalized spacial score (nSPS) is 10.6. The zero-order valence-electron chi connectivity index (χ0n) is 9.00. The van der Waals surface area contributed by atoms with E-state index in [0.29, 0.717) is 11.8 Å². The second kappa shape index (κ2) is 5.37. The van der Waals surface area contributed by atoms with E-state index >= 15 is 0 Å². The van der Waals surface area contributed by atoms with E-state index in [4.69, 9.17) is 16.0 Å². The number of hydrogen-bond donors (Lipinski definition) is 1. The van der Waals surface area contributed by atoms with Gasteiger partial charge in [0.15, 0.2) is 10.4 Å². The van der Waals surface area contributed by atoms with Gasteiger partial charge in [-0.1, -0.05) is 13.3 Å². The van der Waals surface area contributed by atoms with Gasteiger partial charge >= 0.3 is 0 Å². The largest absolute Gasteiger partial charge is 0.448 e. The minimum absolute atomic E-state index is 0.419. The number of aryl methyl sites for hydroxylation is 1. The maximum absolute atomic E-state index is 5.68. The second-order valence-corrected chi connectivity index (χ2v) is 4.93. The Balaban J connectivity index is 1.89. The van der Waals surface area contributed by atoms with Gasteiger partial charge < -0.3 is 9.73 Å². The van der Waals surface area contributed by atoms with Crippen molar-refractivity contribution < 1.29 is 4.42 Å². The van der Waals surface area contributed by atoms with E-state index in [1.807, 2.05) is 12.3 Å². The van der Waals surface area contributed by atoms with Gasteiger partial charge in [-0.2, -0.15) is 0 Å². The maximum atomic E-state index is 5.68. The van der Waals surface area contributed by atoms with E-state index in [1.165, 1.54) is 4.88 Å². The molecule has 0 aliphatic heterocycles. The van der Waals surface area contributed by atoms with Gasteiger partial charge in [-0.3, -0.25) is 0 Å². The molecule has 0 amide bonds. The summed E-state index contributed by atoms with van der Waals surface area (Å²) in [6.07, 6.45) is 4.16. The van der Waals surface area contributed by atoms with E-state index in [0.717, 1.165) is 23.7 Å². The lowest BCUT2D eigenvalue weighted by Crippen LogP contribution is -1.96. The summed E-state index contributed by atoms with van der Waals surface area (Å²) in [6, 6.07) is 3.60. The first kappa shape index (κ1) is 11.5. The predicted octanol–water partition coefficient (Wildman–Crippen LogP) is 3.95. The van der Waals surface area contributed by atoms with Crippen molar-refractivity contribution in [1.29, 1.82) is 0 Å². The molecule has 86 valence electrons. The molecular formula is C11H13ClN2OS.